The third-order valence-corrected chi connectivity index (χ3v) is 5.05. The first-order valence-electron chi connectivity index (χ1n) is 8.19. The average molecular weight is 397 g/mol. The molecule has 0 bridgehead atoms. The third kappa shape index (κ3) is 3.12. The summed E-state index contributed by atoms with van der Waals surface area (Å²) in [6.07, 6.45) is 0.554. The normalized spacial score (nSPS) is 16.7. The Kier molecular flexibility index (Phi) is 4.17. The van der Waals surface area contributed by atoms with Crippen molar-refractivity contribution in [3.05, 3.63) is 80.6 Å². The van der Waals surface area contributed by atoms with Crippen LogP contribution in [0.4, 0.5) is 0 Å². The Hall–Kier alpha value is -2.40. The van der Waals surface area contributed by atoms with Crippen LogP contribution in [0.1, 0.15) is 17.5 Å². The quantitative estimate of drug-likeness (QED) is 0.663. The van der Waals surface area contributed by atoms with E-state index in [9.17, 15) is 4.79 Å². The lowest BCUT2D eigenvalue weighted by Crippen LogP contribution is -2.27. The monoisotopic (exact) mass is 396 g/mol. The maximum absolute atomic E-state index is 12.5. The number of pyridine rings is 1. The Labute approximate surface area is 153 Å². The fourth-order valence-electron chi connectivity index (χ4n) is 3.23. The van der Waals surface area contributed by atoms with E-state index in [0.717, 1.165) is 32.2 Å². The molecule has 5 heteroatoms. The molecule has 0 fully saturated rings. The van der Waals surface area contributed by atoms with E-state index in [1.807, 2.05) is 55.5 Å². The predicted octanol–water partition coefficient (Wildman–Crippen LogP) is 4.27. The number of fused-ring (bicyclic) bond motifs is 1. The van der Waals surface area contributed by atoms with Crippen LogP contribution in [0.3, 0.4) is 0 Å². The van der Waals surface area contributed by atoms with Crippen molar-refractivity contribution in [2.75, 3.05) is 0 Å². The van der Waals surface area contributed by atoms with Crippen molar-refractivity contribution in [1.29, 1.82) is 0 Å². The third-order valence-electron chi connectivity index (χ3n) is 4.52. The van der Waals surface area contributed by atoms with E-state index in [1.165, 1.54) is 0 Å². The first kappa shape index (κ1) is 16.1. The summed E-state index contributed by atoms with van der Waals surface area (Å²) in [6, 6.07) is 17.7. The largest absolute Gasteiger partial charge is 0.390 e. The van der Waals surface area contributed by atoms with Gasteiger partial charge in [0.05, 0.1) is 17.8 Å². The average Bonchev–Trinajstić information content (AvgIpc) is 3.08. The van der Waals surface area contributed by atoms with Gasteiger partial charge < -0.3 is 9.40 Å². The number of oxime groups is 1. The SMILES string of the molecule is Cc1cc(=O)n(C[C@@H]2CC(c3ccc(Br)cc3)=NO2)c2ccccc12. The molecule has 1 aliphatic heterocycles. The maximum Gasteiger partial charge on any atom is 0.251 e. The molecule has 3 aromatic rings. The highest BCUT2D eigenvalue weighted by atomic mass is 79.9. The highest BCUT2D eigenvalue weighted by molar-refractivity contribution is 9.10. The molecule has 0 aliphatic carbocycles. The molecule has 0 spiro atoms. The number of hydrogen-bond acceptors (Lipinski definition) is 3. The van der Waals surface area contributed by atoms with E-state index >= 15 is 0 Å². The van der Waals surface area contributed by atoms with Gasteiger partial charge in [-0.2, -0.15) is 0 Å². The van der Waals surface area contributed by atoms with Crippen LogP contribution in [-0.2, 0) is 11.4 Å². The molecule has 0 amide bonds. The molecule has 25 heavy (non-hydrogen) atoms. The minimum absolute atomic E-state index is 0.00288. The standard InChI is InChI=1S/C20H17BrN2O2/c1-13-10-20(24)23(19-5-3-2-4-17(13)19)12-16-11-18(22-25-16)14-6-8-15(21)9-7-14/h2-10,16H,11-12H2,1H3/t16-/m0/s1. The van der Waals surface area contributed by atoms with Crippen molar-refractivity contribution < 1.29 is 4.84 Å². The molecule has 0 saturated carbocycles. The second kappa shape index (κ2) is 6.48. The topological polar surface area (TPSA) is 43.6 Å². The van der Waals surface area contributed by atoms with Crippen molar-refractivity contribution in [3.8, 4) is 0 Å². The number of aromatic nitrogens is 1. The van der Waals surface area contributed by atoms with Crippen molar-refractivity contribution >= 4 is 32.5 Å². The number of benzene rings is 2. The summed E-state index contributed by atoms with van der Waals surface area (Å²) in [5, 5.41) is 5.32. The summed E-state index contributed by atoms with van der Waals surface area (Å²) in [5.41, 5.74) is 3.90. The Balaban J connectivity index is 1.60. The lowest BCUT2D eigenvalue weighted by atomic mass is 10.0. The molecule has 0 N–H and O–H groups in total. The molecular weight excluding hydrogens is 380 g/mol. The van der Waals surface area contributed by atoms with Gasteiger partial charge in [-0.05, 0) is 36.2 Å². The zero-order chi connectivity index (χ0) is 17.4. The molecule has 4 rings (SSSR count). The van der Waals surface area contributed by atoms with Crippen molar-refractivity contribution in [1.82, 2.24) is 4.57 Å². The first-order valence-corrected chi connectivity index (χ1v) is 8.99. The summed E-state index contributed by atoms with van der Waals surface area (Å²) < 4.78 is 2.82. The minimum atomic E-state index is -0.137. The van der Waals surface area contributed by atoms with E-state index in [-0.39, 0.29) is 11.7 Å². The van der Waals surface area contributed by atoms with Crippen LogP contribution in [0.25, 0.3) is 10.9 Å². The van der Waals surface area contributed by atoms with Gasteiger partial charge in [-0.15, -0.1) is 0 Å². The Morgan fingerprint density at radius 1 is 1.20 bits per heavy atom. The highest BCUT2D eigenvalue weighted by Gasteiger charge is 2.23. The summed E-state index contributed by atoms with van der Waals surface area (Å²) in [4.78, 5) is 18.1. The van der Waals surface area contributed by atoms with Crippen LogP contribution in [0.2, 0.25) is 0 Å². The number of para-hydroxylation sites is 1. The Morgan fingerprint density at radius 2 is 1.96 bits per heavy atom. The van der Waals surface area contributed by atoms with Crippen LogP contribution in [0.15, 0.2) is 69.0 Å². The van der Waals surface area contributed by atoms with Gasteiger partial charge in [-0.3, -0.25) is 4.79 Å². The van der Waals surface area contributed by atoms with Gasteiger partial charge in [-0.1, -0.05) is 51.4 Å². The molecule has 2 aromatic carbocycles. The predicted molar refractivity (Wildman–Crippen MR) is 103 cm³/mol. The van der Waals surface area contributed by atoms with Crippen LogP contribution in [-0.4, -0.2) is 16.4 Å². The fraction of sp³-hybridized carbons (Fsp3) is 0.200. The van der Waals surface area contributed by atoms with Crippen molar-refractivity contribution in [2.24, 2.45) is 5.16 Å². The molecule has 4 nitrogen and oxygen atoms in total. The van der Waals surface area contributed by atoms with Crippen LogP contribution >= 0.6 is 15.9 Å². The molecule has 0 radical (unpaired) electrons. The number of rotatable bonds is 3. The number of nitrogens with zero attached hydrogens (tertiary/aromatic N) is 2. The van der Waals surface area contributed by atoms with Gasteiger partial charge >= 0.3 is 0 Å². The number of halogens is 1. The van der Waals surface area contributed by atoms with Gasteiger partial charge in [0.25, 0.3) is 5.56 Å². The molecule has 126 valence electrons. The molecule has 1 aromatic heterocycles. The molecular formula is C20H17BrN2O2. The summed E-state index contributed by atoms with van der Waals surface area (Å²) >= 11 is 3.44. The smallest absolute Gasteiger partial charge is 0.251 e. The van der Waals surface area contributed by atoms with E-state index in [1.54, 1.807) is 10.6 Å². The zero-order valence-electron chi connectivity index (χ0n) is 13.8. The van der Waals surface area contributed by atoms with E-state index in [4.69, 9.17) is 4.84 Å². The first-order chi connectivity index (χ1) is 12.1. The van der Waals surface area contributed by atoms with Gasteiger partial charge in [0, 0.05) is 22.3 Å². The maximum atomic E-state index is 12.5. The van der Waals surface area contributed by atoms with Crippen molar-refractivity contribution in [2.45, 2.75) is 26.0 Å². The number of hydrogen-bond donors (Lipinski definition) is 0. The zero-order valence-corrected chi connectivity index (χ0v) is 15.4. The van der Waals surface area contributed by atoms with Gasteiger partial charge in [-0.25, -0.2) is 0 Å². The van der Waals surface area contributed by atoms with Gasteiger partial charge in [0.2, 0.25) is 0 Å². The molecule has 1 atom stereocenters. The molecule has 0 saturated heterocycles. The Morgan fingerprint density at radius 3 is 2.76 bits per heavy atom. The second-order valence-electron chi connectivity index (χ2n) is 6.27. The molecule has 1 aliphatic rings. The van der Waals surface area contributed by atoms with Crippen LogP contribution in [0.5, 0.6) is 0 Å². The van der Waals surface area contributed by atoms with Crippen LogP contribution < -0.4 is 5.56 Å². The second-order valence-corrected chi connectivity index (χ2v) is 7.19. The fourth-order valence-corrected chi connectivity index (χ4v) is 3.50. The molecule has 2 heterocycles. The summed E-state index contributed by atoms with van der Waals surface area (Å²) in [5.74, 6) is 0. The minimum Gasteiger partial charge on any atom is -0.390 e. The van der Waals surface area contributed by atoms with E-state index < -0.39 is 0 Å². The Bertz CT molecular complexity index is 1020. The molecule has 0 unspecified atom stereocenters. The van der Waals surface area contributed by atoms with Crippen LogP contribution in [0, 0.1) is 6.92 Å². The van der Waals surface area contributed by atoms with Crippen molar-refractivity contribution in [3.63, 3.8) is 0 Å². The van der Waals surface area contributed by atoms with E-state index in [0.29, 0.717) is 13.0 Å². The lowest BCUT2D eigenvalue weighted by Gasteiger charge is -2.15. The lowest BCUT2D eigenvalue weighted by molar-refractivity contribution is 0.0727. The number of aryl methyl sites for hydroxylation is 1. The van der Waals surface area contributed by atoms with E-state index in [2.05, 4.69) is 21.1 Å². The van der Waals surface area contributed by atoms with Gasteiger partial charge in [0.15, 0.2) is 6.10 Å². The highest BCUT2D eigenvalue weighted by Crippen LogP contribution is 2.22. The summed E-state index contributed by atoms with van der Waals surface area (Å²) in [7, 11) is 0. The summed E-state index contributed by atoms with van der Waals surface area (Å²) in [6.45, 7) is 2.46. The van der Waals surface area contributed by atoms with Gasteiger partial charge in [0.1, 0.15) is 0 Å².